The number of carbonyl (C=O) groups excluding carboxylic acids is 2. The van der Waals surface area contributed by atoms with E-state index in [4.69, 9.17) is 4.74 Å². The molecule has 0 aromatic heterocycles. The van der Waals surface area contributed by atoms with E-state index in [1.807, 2.05) is 6.08 Å². The SMILES string of the molecule is CCCCCCCCCCCC/C=C/C(O)C(CO)NC(=O)CCCCCCCCCCCCCCCCC/C=C\CCCCCCCCCCCCCCOC(=O)CCCCCCCCCCCCCCC. The first-order chi connectivity index (χ1) is 36.0. The number of unbranched alkanes of at least 4 members (excludes halogenated alkanes) is 49. The van der Waals surface area contributed by atoms with Crippen molar-refractivity contribution in [3.05, 3.63) is 24.3 Å². The maximum atomic E-state index is 12.4. The summed E-state index contributed by atoms with van der Waals surface area (Å²) >= 11 is 0. The fourth-order valence-electron chi connectivity index (χ4n) is 10.4. The lowest BCUT2D eigenvalue weighted by atomic mass is 10.0. The number of carbonyl (C=O) groups is 2. The van der Waals surface area contributed by atoms with Gasteiger partial charge in [0.25, 0.3) is 0 Å². The molecule has 3 N–H and O–H groups in total. The highest BCUT2D eigenvalue weighted by molar-refractivity contribution is 5.76. The zero-order valence-corrected chi connectivity index (χ0v) is 49.4. The van der Waals surface area contributed by atoms with Gasteiger partial charge in [0, 0.05) is 12.8 Å². The number of allylic oxidation sites excluding steroid dienone is 3. The van der Waals surface area contributed by atoms with Crippen molar-refractivity contribution < 1.29 is 24.5 Å². The van der Waals surface area contributed by atoms with Crippen molar-refractivity contribution in [2.45, 2.75) is 379 Å². The van der Waals surface area contributed by atoms with Crippen LogP contribution in [0.15, 0.2) is 24.3 Å². The third-order valence-corrected chi connectivity index (χ3v) is 15.5. The molecule has 0 rings (SSSR count). The molecule has 0 aliphatic heterocycles. The molecule has 6 heteroatoms. The van der Waals surface area contributed by atoms with E-state index in [-0.39, 0.29) is 18.5 Å². The molecule has 73 heavy (non-hydrogen) atoms. The van der Waals surface area contributed by atoms with Crippen LogP contribution in [0.3, 0.4) is 0 Å². The lowest BCUT2D eigenvalue weighted by Gasteiger charge is -2.20. The highest BCUT2D eigenvalue weighted by Crippen LogP contribution is 2.18. The summed E-state index contributed by atoms with van der Waals surface area (Å²) in [6, 6.07) is -0.625. The molecule has 0 heterocycles. The molecule has 0 fully saturated rings. The van der Waals surface area contributed by atoms with Gasteiger partial charge in [-0.3, -0.25) is 9.59 Å². The Morgan fingerprint density at radius 2 is 0.644 bits per heavy atom. The molecule has 0 aliphatic carbocycles. The standard InChI is InChI=1S/C67H129NO5/c1-3-5-7-9-11-13-15-36-41-45-49-53-57-61-67(72)73-62-58-54-50-46-42-38-35-33-31-29-27-25-23-21-19-17-18-20-22-24-26-28-30-32-34-37-40-44-48-52-56-60-66(71)68-64(63-69)65(70)59-55-51-47-43-39-16-14-12-10-8-6-4-2/h19,21,55,59,64-65,69-70H,3-18,20,22-54,56-58,60-63H2,1-2H3,(H,68,71)/b21-19-,59-55+. The number of rotatable bonds is 62. The van der Waals surface area contributed by atoms with E-state index in [1.54, 1.807) is 6.08 Å². The molecular weight excluding hydrogens is 899 g/mol. The van der Waals surface area contributed by atoms with Gasteiger partial charge in [-0.25, -0.2) is 0 Å². The summed E-state index contributed by atoms with van der Waals surface area (Å²) in [5.74, 6) is -0.0459. The van der Waals surface area contributed by atoms with Gasteiger partial charge in [-0.05, 0) is 57.8 Å². The zero-order chi connectivity index (χ0) is 52.9. The Morgan fingerprint density at radius 3 is 0.973 bits per heavy atom. The van der Waals surface area contributed by atoms with E-state index in [9.17, 15) is 19.8 Å². The van der Waals surface area contributed by atoms with Crippen molar-refractivity contribution in [3.63, 3.8) is 0 Å². The second-order valence-electron chi connectivity index (χ2n) is 22.8. The zero-order valence-electron chi connectivity index (χ0n) is 49.4. The van der Waals surface area contributed by atoms with Crippen molar-refractivity contribution in [1.29, 1.82) is 0 Å². The normalized spacial score (nSPS) is 12.7. The summed E-state index contributed by atoms with van der Waals surface area (Å²) < 4.78 is 5.49. The van der Waals surface area contributed by atoms with E-state index in [1.165, 1.54) is 302 Å². The number of nitrogens with one attached hydrogen (secondary N) is 1. The number of aliphatic hydroxyl groups is 2. The van der Waals surface area contributed by atoms with Crippen molar-refractivity contribution in [1.82, 2.24) is 5.32 Å². The largest absolute Gasteiger partial charge is 0.466 e. The molecule has 0 saturated heterocycles. The molecule has 0 spiro atoms. The third kappa shape index (κ3) is 59.4. The Kier molecular flexibility index (Phi) is 61.4. The predicted molar refractivity (Wildman–Crippen MR) is 320 cm³/mol. The van der Waals surface area contributed by atoms with Crippen LogP contribution in [0, 0.1) is 0 Å². The highest BCUT2D eigenvalue weighted by atomic mass is 16.5. The number of hydrogen-bond acceptors (Lipinski definition) is 5. The maximum Gasteiger partial charge on any atom is 0.305 e. The third-order valence-electron chi connectivity index (χ3n) is 15.5. The van der Waals surface area contributed by atoms with Gasteiger partial charge < -0.3 is 20.3 Å². The number of aliphatic hydroxyl groups excluding tert-OH is 2. The van der Waals surface area contributed by atoms with Crippen molar-refractivity contribution in [2.24, 2.45) is 0 Å². The molecule has 0 aromatic carbocycles. The van der Waals surface area contributed by atoms with Crippen molar-refractivity contribution in [2.75, 3.05) is 13.2 Å². The number of esters is 1. The Balaban J connectivity index is 3.35. The highest BCUT2D eigenvalue weighted by Gasteiger charge is 2.18. The van der Waals surface area contributed by atoms with E-state index in [2.05, 4.69) is 31.3 Å². The minimum Gasteiger partial charge on any atom is -0.466 e. The molecule has 1 amide bonds. The molecule has 432 valence electrons. The average molecular weight is 1030 g/mol. The van der Waals surface area contributed by atoms with Gasteiger partial charge in [-0.2, -0.15) is 0 Å². The summed E-state index contributed by atoms with van der Waals surface area (Å²) in [6.07, 6.45) is 78.2. The fourth-order valence-corrected chi connectivity index (χ4v) is 10.4. The Labute approximate surface area is 456 Å². The van der Waals surface area contributed by atoms with Gasteiger partial charge in [0.15, 0.2) is 0 Å². The minimum absolute atomic E-state index is 0.0192. The molecule has 2 atom stereocenters. The van der Waals surface area contributed by atoms with Crippen LogP contribution in [0.5, 0.6) is 0 Å². The van der Waals surface area contributed by atoms with Crippen LogP contribution in [-0.2, 0) is 14.3 Å². The van der Waals surface area contributed by atoms with E-state index in [0.29, 0.717) is 19.4 Å². The summed E-state index contributed by atoms with van der Waals surface area (Å²) in [6.45, 7) is 4.92. The predicted octanol–water partition coefficient (Wildman–Crippen LogP) is 21.0. The Bertz CT molecular complexity index is 1140. The van der Waals surface area contributed by atoms with Crippen LogP contribution >= 0.6 is 0 Å². The smallest absolute Gasteiger partial charge is 0.305 e. The molecule has 0 aromatic rings. The molecule has 0 radical (unpaired) electrons. The van der Waals surface area contributed by atoms with Gasteiger partial charge in [0.05, 0.1) is 25.4 Å². The van der Waals surface area contributed by atoms with Crippen LogP contribution < -0.4 is 5.32 Å². The minimum atomic E-state index is -0.841. The Morgan fingerprint density at radius 1 is 0.370 bits per heavy atom. The first-order valence-electron chi connectivity index (χ1n) is 33.1. The van der Waals surface area contributed by atoms with E-state index >= 15 is 0 Å². The van der Waals surface area contributed by atoms with Crippen molar-refractivity contribution >= 4 is 11.9 Å². The summed E-state index contributed by atoms with van der Waals surface area (Å²) in [4.78, 5) is 24.5. The van der Waals surface area contributed by atoms with Crippen LogP contribution in [0.4, 0.5) is 0 Å². The Hall–Kier alpha value is -1.66. The maximum absolute atomic E-state index is 12.4. The summed E-state index contributed by atoms with van der Waals surface area (Å²) in [5, 5.41) is 23.1. The van der Waals surface area contributed by atoms with Gasteiger partial charge in [0.1, 0.15) is 0 Å². The summed E-state index contributed by atoms with van der Waals surface area (Å²) in [5.41, 5.74) is 0. The second kappa shape index (κ2) is 62.9. The number of amides is 1. The molecule has 2 unspecified atom stereocenters. The monoisotopic (exact) mass is 1030 g/mol. The van der Waals surface area contributed by atoms with E-state index < -0.39 is 12.1 Å². The topological polar surface area (TPSA) is 95.9 Å². The second-order valence-corrected chi connectivity index (χ2v) is 22.8. The lowest BCUT2D eigenvalue weighted by molar-refractivity contribution is -0.143. The van der Waals surface area contributed by atoms with Gasteiger partial charge >= 0.3 is 5.97 Å². The van der Waals surface area contributed by atoms with E-state index in [0.717, 1.165) is 38.5 Å². The van der Waals surface area contributed by atoms with Gasteiger partial charge in [-0.1, -0.05) is 321 Å². The fraction of sp³-hybridized carbons (Fsp3) is 0.910. The summed E-state index contributed by atoms with van der Waals surface area (Å²) in [7, 11) is 0. The number of ether oxygens (including phenoxy) is 1. The van der Waals surface area contributed by atoms with Crippen LogP contribution in [-0.4, -0.2) is 47.4 Å². The van der Waals surface area contributed by atoms with Crippen molar-refractivity contribution in [3.8, 4) is 0 Å². The molecule has 0 aliphatic rings. The molecular formula is C67H129NO5. The quantitative estimate of drug-likeness (QED) is 0.0320. The first kappa shape index (κ1) is 71.3. The van der Waals surface area contributed by atoms with Crippen LogP contribution in [0.1, 0.15) is 367 Å². The first-order valence-corrected chi connectivity index (χ1v) is 33.1. The molecule has 0 saturated carbocycles. The molecule has 6 nitrogen and oxygen atoms in total. The molecule has 0 bridgehead atoms. The van der Waals surface area contributed by atoms with Gasteiger partial charge in [0.2, 0.25) is 5.91 Å². The van der Waals surface area contributed by atoms with Crippen LogP contribution in [0.25, 0.3) is 0 Å². The number of hydrogen-bond donors (Lipinski definition) is 3. The lowest BCUT2D eigenvalue weighted by Crippen LogP contribution is -2.45. The van der Waals surface area contributed by atoms with Crippen LogP contribution in [0.2, 0.25) is 0 Å². The average Bonchev–Trinajstić information content (AvgIpc) is 3.39. The van der Waals surface area contributed by atoms with Gasteiger partial charge in [-0.15, -0.1) is 0 Å².